The van der Waals surface area contributed by atoms with Gasteiger partial charge in [0.15, 0.2) is 0 Å². The molecule has 0 amide bonds. The minimum absolute atomic E-state index is 0.00211. The molecule has 1 saturated carbocycles. The van der Waals surface area contributed by atoms with Crippen molar-refractivity contribution in [3.8, 4) is 0 Å². The van der Waals surface area contributed by atoms with Crippen LogP contribution in [-0.2, 0) is 0 Å². The van der Waals surface area contributed by atoms with Gasteiger partial charge in [0.2, 0.25) is 0 Å². The lowest BCUT2D eigenvalue weighted by Gasteiger charge is -2.28. The van der Waals surface area contributed by atoms with Crippen molar-refractivity contribution in [2.24, 2.45) is 5.92 Å². The lowest BCUT2D eigenvalue weighted by Crippen LogP contribution is -2.35. The normalized spacial score (nSPS) is 37.5. The lowest BCUT2D eigenvalue weighted by atomic mass is 10.0. The summed E-state index contributed by atoms with van der Waals surface area (Å²) in [5, 5.41) is 9.82. The number of hydrogen-bond donors (Lipinski definition) is 1. The number of likely N-dealkylation sites (tertiary alicyclic amines) is 1. The largest absolute Gasteiger partial charge is 0.393 e. The monoisotopic (exact) mass is 225 g/mol. The van der Waals surface area contributed by atoms with Crippen molar-refractivity contribution in [1.82, 2.24) is 4.90 Å². The molecule has 16 heavy (non-hydrogen) atoms. The van der Waals surface area contributed by atoms with Crippen LogP contribution in [0.5, 0.6) is 0 Å². The van der Waals surface area contributed by atoms with Crippen molar-refractivity contribution in [3.63, 3.8) is 0 Å². The van der Waals surface area contributed by atoms with E-state index in [1.165, 1.54) is 58.0 Å². The highest BCUT2D eigenvalue weighted by molar-refractivity contribution is 4.79. The van der Waals surface area contributed by atoms with Gasteiger partial charge in [-0.25, -0.2) is 0 Å². The maximum atomic E-state index is 9.82. The lowest BCUT2D eigenvalue weighted by molar-refractivity contribution is 0.112. The van der Waals surface area contributed by atoms with Crippen LogP contribution >= 0.6 is 0 Å². The van der Waals surface area contributed by atoms with Gasteiger partial charge in [-0.2, -0.15) is 0 Å². The van der Waals surface area contributed by atoms with Crippen LogP contribution in [0.4, 0.5) is 0 Å². The number of hydrogen-bond acceptors (Lipinski definition) is 2. The Hall–Kier alpha value is -0.0800. The molecule has 1 heterocycles. The molecule has 0 aromatic carbocycles. The first-order valence-corrected chi connectivity index (χ1v) is 7.19. The van der Waals surface area contributed by atoms with E-state index in [0.717, 1.165) is 12.5 Å². The fraction of sp³-hybridized carbons (Fsp3) is 1.00. The second kappa shape index (κ2) is 6.02. The summed E-state index contributed by atoms with van der Waals surface area (Å²) in [6.45, 7) is 4.86. The Labute approximate surface area is 100 Å². The minimum Gasteiger partial charge on any atom is -0.393 e. The summed E-state index contributed by atoms with van der Waals surface area (Å²) in [5.41, 5.74) is 0. The standard InChI is InChI=1S/C14H27NO/c1-12-6-3-2-4-10-15(12)11-9-13-7-5-8-14(13)16/h12-14,16H,2-11H2,1H3. The molecule has 0 radical (unpaired) electrons. The molecule has 2 aliphatic rings. The first-order chi connectivity index (χ1) is 7.77. The van der Waals surface area contributed by atoms with Gasteiger partial charge >= 0.3 is 0 Å². The highest BCUT2D eigenvalue weighted by Crippen LogP contribution is 2.29. The van der Waals surface area contributed by atoms with Gasteiger partial charge in [0.05, 0.1) is 6.10 Å². The molecule has 3 unspecified atom stereocenters. The molecule has 2 nitrogen and oxygen atoms in total. The molecule has 1 aliphatic heterocycles. The molecular formula is C14H27NO. The van der Waals surface area contributed by atoms with Crippen LogP contribution < -0.4 is 0 Å². The van der Waals surface area contributed by atoms with Crippen LogP contribution in [0.1, 0.15) is 58.3 Å². The van der Waals surface area contributed by atoms with Crippen molar-refractivity contribution in [2.45, 2.75) is 70.4 Å². The van der Waals surface area contributed by atoms with Crippen molar-refractivity contribution in [2.75, 3.05) is 13.1 Å². The molecule has 0 bridgehead atoms. The summed E-state index contributed by atoms with van der Waals surface area (Å²) in [6, 6.07) is 0.765. The third kappa shape index (κ3) is 3.21. The smallest absolute Gasteiger partial charge is 0.0568 e. The molecule has 2 rings (SSSR count). The van der Waals surface area contributed by atoms with Crippen LogP contribution in [0.2, 0.25) is 0 Å². The Balaban J connectivity index is 1.75. The van der Waals surface area contributed by atoms with Crippen molar-refractivity contribution >= 4 is 0 Å². The highest BCUT2D eigenvalue weighted by Gasteiger charge is 2.26. The summed E-state index contributed by atoms with van der Waals surface area (Å²) in [7, 11) is 0. The second-order valence-electron chi connectivity index (χ2n) is 5.78. The zero-order chi connectivity index (χ0) is 11.4. The van der Waals surface area contributed by atoms with Gasteiger partial charge in [-0.1, -0.05) is 19.3 Å². The van der Waals surface area contributed by atoms with Gasteiger partial charge in [-0.05, 0) is 58.0 Å². The first-order valence-electron chi connectivity index (χ1n) is 7.19. The topological polar surface area (TPSA) is 23.5 Å². The number of aliphatic hydroxyl groups is 1. The first kappa shape index (κ1) is 12.4. The summed E-state index contributed by atoms with van der Waals surface area (Å²) < 4.78 is 0. The third-order valence-electron chi connectivity index (χ3n) is 4.60. The molecule has 94 valence electrons. The third-order valence-corrected chi connectivity index (χ3v) is 4.60. The SMILES string of the molecule is CC1CCCCCN1CCC1CCCC1O. The Morgan fingerprint density at radius 3 is 2.69 bits per heavy atom. The molecule has 0 aromatic heterocycles. The molecule has 1 saturated heterocycles. The van der Waals surface area contributed by atoms with Crippen LogP contribution in [0.25, 0.3) is 0 Å². The maximum Gasteiger partial charge on any atom is 0.0568 e. The summed E-state index contributed by atoms with van der Waals surface area (Å²) in [5.74, 6) is 0.593. The van der Waals surface area contributed by atoms with Crippen molar-refractivity contribution in [3.05, 3.63) is 0 Å². The molecule has 2 fully saturated rings. The van der Waals surface area contributed by atoms with Gasteiger partial charge in [-0.15, -0.1) is 0 Å². The summed E-state index contributed by atoms with van der Waals surface area (Å²) in [4.78, 5) is 2.65. The fourth-order valence-corrected chi connectivity index (χ4v) is 3.35. The summed E-state index contributed by atoms with van der Waals surface area (Å²) in [6.07, 6.45) is 10.3. The van der Waals surface area contributed by atoms with Gasteiger partial charge in [-0.3, -0.25) is 0 Å². The zero-order valence-electron chi connectivity index (χ0n) is 10.7. The van der Waals surface area contributed by atoms with Gasteiger partial charge < -0.3 is 10.0 Å². The van der Waals surface area contributed by atoms with E-state index in [4.69, 9.17) is 0 Å². The molecule has 1 aliphatic carbocycles. The van der Waals surface area contributed by atoms with E-state index in [9.17, 15) is 5.11 Å². The molecule has 0 spiro atoms. The van der Waals surface area contributed by atoms with E-state index in [2.05, 4.69) is 11.8 Å². The fourth-order valence-electron chi connectivity index (χ4n) is 3.35. The number of aliphatic hydroxyl groups excluding tert-OH is 1. The van der Waals surface area contributed by atoms with Crippen molar-refractivity contribution < 1.29 is 5.11 Å². The second-order valence-corrected chi connectivity index (χ2v) is 5.78. The molecule has 1 N–H and O–H groups in total. The average Bonchev–Trinajstić information content (AvgIpc) is 2.56. The van der Waals surface area contributed by atoms with Gasteiger partial charge in [0, 0.05) is 6.04 Å². The van der Waals surface area contributed by atoms with E-state index >= 15 is 0 Å². The molecular weight excluding hydrogens is 198 g/mol. The van der Waals surface area contributed by atoms with E-state index in [0.29, 0.717) is 5.92 Å². The van der Waals surface area contributed by atoms with E-state index < -0.39 is 0 Å². The van der Waals surface area contributed by atoms with Crippen molar-refractivity contribution in [1.29, 1.82) is 0 Å². The Morgan fingerprint density at radius 2 is 1.94 bits per heavy atom. The zero-order valence-corrected chi connectivity index (χ0v) is 10.7. The average molecular weight is 225 g/mol. The van der Waals surface area contributed by atoms with E-state index in [1.54, 1.807) is 0 Å². The van der Waals surface area contributed by atoms with Crippen LogP contribution in [0, 0.1) is 5.92 Å². The van der Waals surface area contributed by atoms with E-state index in [-0.39, 0.29) is 6.10 Å². The molecule has 2 heteroatoms. The van der Waals surface area contributed by atoms with Crippen LogP contribution in [-0.4, -0.2) is 35.2 Å². The minimum atomic E-state index is 0.00211. The quantitative estimate of drug-likeness (QED) is 0.798. The number of rotatable bonds is 3. The predicted octanol–water partition coefficient (Wildman–Crippen LogP) is 2.80. The molecule has 0 aromatic rings. The van der Waals surface area contributed by atoms with Gasteiger partial charge in [0.25, 0.3) is 0 Å². The Bertz CT molecular complexity index is 207. The predicted molar refractivity (Wildman–Crippen MR) is 67.5 cm³/mol. The highest BCUT2D eigenvalue weighted by atomic mass is 16.3. The van der Waals surface area contributed by atoms with Crippen LogP contribution in [0.15, 0.2) is 0 Å². The summed E-state index contributed by atoms with van der Waals surface area (Å²) >= 11 is 0. The number of nitrogens with zero attached hydrogens (tertiary/aromatic N) is 1. The maximum absolute atomic E-state index is 9.82. The molecule has 3 atom stereocenters. The van der Waals surface area contributed by atoms with E-state index in [1.807, 2.05) is 0 Å². The van der Waals surface area contributed by atoms with Crippen LogP contribution in [0.3, 0.4) is 0 Å². The Kier molecular flexibility index (Phi) is 4.66. The van der Waals surface area contributed by atoms with Gasteiger partial charge in [0.1, 0.15) is 0 Å². The Morgan fingerprint density at radius 1 is 1.06 bits per heavy atom.